The van der Waals surface area contributed by atoms with Crippen LogP contribution in [0.2, 0.25) is 0 Å². The van der Waals surface area contributed by atoms with Crippen LogP contribution in [0.3, 0.4) is 0 Å². The lowest BCUT2D eigenvalue weighted by atomic mass is 10.1. The molecule has 0 saturated heterocycles. The van der Waals surface area contributed by atoms with Crippen molar-refractivity contribution in [1.29, 1.82) is 0 Å². The van der Waals surface area contributed by atoms with Crippen molar-refractivity contribution in [2.45, 2.75) is 0 Å². The number of nitrogen functional groups attached to an aromatic ring is 1. The highest BCUT2D eigenvalue weighted by molar-refractivity contribution is 6.08. The number of nitrogens with one attached hydrogen (secondary N) is 1. The molecule has 0 aromatic heterocycles. The van der Waals surface area contributed by atoms with Crippen molar-refractivity contribution in [3.05, 3.63) is 63.7 Å². The average Bonchev–Trinajstić information content (AvgIpc) is 2.41. The van der Waals surface area contributed by atoms with E-state index < -0.39 is 28.2 Å². The molecule has 1 amide bonds. The Hall–Kier alpha value is -3.03. The number of carbonyl (C=O) groups excluding carboxylic acids is 1. The molecule has 21 heavy (non-hydrogen) atoms. The minimum atomic E-state index is -0.991. The number of halogens is 2. The van der Waals surface area contributed by atoms with Crippen molar-refractivity contribution in [2.24, 2.45) is 0 Å². The molecule has 2 rings (SSSR count). The summed E-state index contributed by atoms with van der Waals surface area (Å²) in [7, 11) is 0. The van der Waals surface area contributed by atoms with Gasteiger partial charge in [-0.1, -0.05) is 6.07 Å². The normalized spacial score (nSPS) is 10.2. The number of nitro groups is 1. The zero-order valence-corrected chi connectivity index (χ0v) is 10.5. The molecule has 0 aliphatic carbocycles. The van der Waals surface area contributed by atoms with E-state index in [0.29, 0.717) is 6.07 Å². The van der Waals surface area contributed by atoms with E-state index in [1.807, 2.05) is 0 Å². The molecule has 0 aliphatic heterocycles. The highest BCUT2D eigenvalue weighted by atomic mass is 19.1. The second-order valence-corrected chi connectivity index (χ2v) is 4.08. The van der Waals surface area contributed by atoms with Crippen molar-refractivity contribution in [2.75, 3.05) is 11.1 Å². The molecule has 2 aromatic carbocycles. The van der Waals surface area contributed by atoms with Gasteiger partial charge in [-0.3, -0.25) is 14.9 Å². The zero-order chi connectivity index (χ0) is 15.6. The van der Waals surface area contributed by atoms with Gasteiger partial charge in [0, 0.05) is 6.07 Å². The third-order valence-electron chi connectivity index (χ3n) is 2.67. The van der Waals surface area contributed by atoms with Crippen LogP contribution in [-0.2, 0) is 0 Å². The first-order chi connectivity index (χ1) is 9.90. The number of hydrogen-bond donors (Lipinski definition) is 2. The SMILES string of the molecule is Nc1cccc(C(=O)Nc2ccc(F)cc2F)c1[N+](=O)[O-]. The van der Waals surface area contributed by atoms with Crippen LogP contribution in [0.5, 0.6) is 0 Å². The molecule has 8 heteroatoms. The number of nitrogens with zero attached hydrogens (tertiary/aromatic N) is 1. The topological polar surface area (TPSA) is 98.3 Å². The second-order valence-electron chi connectivity index (χ2n) is 4.08. The molecule has 0 unspecified atom stereocenters. The Bertz CT molecular complexity index is 735. The van der Waals surface area contributed by atoms with Crippen LogP contribution in [0.1, 0.15) is 10.4 Å². The van der Waals surface area contributed by atoms with Crippen molar-refractivity contribution < 1.29 is 18.5 Å². The van der Waals surface area contributed by atoms with E-state index in [9.17, 15) is 23.7 Å². The number of nitro benzene ring substituents is 1. The molecule has 0 atom stereocenters. The summed E-state index contributed by atoms with van der Waals surface area (Å²) >= 11 is 0. The van der Waals surface area contributed by atoms with E-state index in [1.54, 1.807) is 0 Å². The minimum Gasteiger partial charge on any atom is -0.393 e. The van der Waals surface area contributed by atoms with Gasteiger partial charge in [-0.25, -0.2) is 8.78 Å². The lowest BCUT2D eigenvalue weighted by Crippen LogP contribution is -2.15. The van der Waals surface area contributed by atoms with Gasteiger partial charge in [0.25, 0.3) is 5.91 Å². The van der Waals surface area contributed by atoms with Crippen LogP contribution in [-0.4, -0.2) is 10.8 Å². The van der Waals surface area contributed by atoms with Crippen LogP contribution < -0.4 is 11.1 Å². The van der Waals surface area contributed by atoms with Gasteiger partial charge in [0.15, 0.2) is 0 Å². The first kappa shape index (κ1) is 14.4. The number of amides is 1. The largest absolute Gasteiger partial charge is 0.393 e. The summed E-state index contributed by atoms with van der Waals surface area (Å²) in [6.45, 7) is 0. The Morgan fingerprint density at radius 2 is 1.95 bits per heavy atom. The van der Waals surface area contributed by atoms with E-state index >= 15 is 0 Å². The quantitative estimate of drug-likeness (QED) is 0.516. The number of hydrogen-bond acceptors (Lipinski definition) is 4. The Labute approximate surface area is 117 Å². The number of benzene rings is 2. The van der Waals surface area contributed by atoms with E-state index in [-0.39, 0.29) is 16.9 Å². The smallest absolute Gasteiger partial charge is 0.304 e. The number of para-hydroxylation sites is 1. The maximum absolute atomic E-state index is 13.5. The van der Waals surface area contributed by atoms with Gasteiger partial charge in [-0.2, -0.15) is 0 Å². The first-order valence-corrected chi connectivity index (χ1v) is 5.69. The molecule has 0 saturated carbocycles. The standard InChI is InChI=1S/C13H9F2N3O3/c14-7-4-5-11(9(15)6-7)17-13(19)8-2-1-3-10(16)12(8)18(20)21/h1-6H,16H2,(H,17,19). The average molecular weight is 293 g/mol. The van der Waals surface area contributed by atoms with Gasteiger partial charge in [-0.05, 0) is 24.3 Å². The van der Waals surface area contributed by atoms with E-state index in [0.717, 1.165) is 12.1 Å². The summed E-state index contributed by atoms with van der Waals surface area (Å²) in [5, 5.41) is 13.1. The molecule has 2 aromatic rings. The van der Waals surface area contributed by atoms with E-state index in [4.69, 9.17) is 5.73 Å². The second kappa shape index (κ2) is 5.53. The molecular formula is C13H9F2N3O3. The summed E-state index contributed by atoms with van der Waals surface area (Å²) in [6.07, 6.45) is 0. The number of anilines is 2. The Balaban J connectivity index is 2.37. The molecule has 0 heterocycles. The summed E-state index contributed by atoms with van der Waals surface area (Å²) in [4.78, 5) is 22.1. The molecule has 3 N–H and O–H groups in total. The van der Waals surface area contributed by atoms with Gasteiger partial charge in [-0.15, -0.1) is 0 Å². The van der Waals surface area contributed by atoms with Crippen LogP contribution in [0.25, 0.3) is 0 Å². The zero-order valence-electron chi connectivity index (χ0n) is 10.5. The van der Waals surface area contributed by atoms with E-state index in [2.05, 4.69) is 5.32 Å². The molecule has 0 spiro atoms. The maximum atomic E-state index is 13.5. The fourth-order valence-corrected chi connectivity index (χ4v) is 1.73. The Kier molecular flexibility index (Phi) is 3.79. The predicted molar refractivity (Wildman–Crippen MR) is 71.8 cm³/mol. The van der Waals surface area contributed by atoms with Crippen LogP contribution in [0, 0.1) is 21.7 Å². The van der Waals surface area contributed by atoms with Gasteiger partial charge in [0.1, 0.15) is 22.9 Å². The lowest BCUT2D eigenvalue weighted by Gasteiger charge is -2.08. The molecule has 0 fully saturated rings. The van der Waals surface area contributed by atoms with E-state index in [1.165, 1.54) is 18.2 Å². The number of nitrogens with two attached hydrogens (primary N) is 1. The van der Waals surface area contributed by atoms with Crippen LogP contribution in [0.4, 0.5) is 25.8 Å². The van der Waals surface area contributed by atoms with Gasteiger partial charge >= 0.3 is 5.69 Å². The predicted octanol–water partition coefficient (Wildman–Crippen LogP) is 2.71. The summed E-state index contributed by atoms with van der Waals surface area (Å²) in [5.41, 5.74) is 4.09. The molecule has 0 bridgehead atoms. The minimum absolute atomic E-state index is 0.188. The monoisotopic (exact) mass is 293 g/mol. The Morgan fingerprint density at radius 1 is 1.24 bits per heavy atom. The third-order valence-corrected chi connectivity index (χ3v) is 2.67. The van der Waals surface area contributed by atoms with Crippen molar-refractivity contribution in [3.8, 4) is 0 Å². The third kappa shape index (κ3) is 2.94. The fraction of sp³-hybridized carbons (Fsp3) is 0. The molecule has 6 nitrogen and oxygen atoms in total. The molecular weight excluding hydrogens is 284 g/mol. The maximum Gasteiger partial charge on any atom is 0.304 e. The van der Waals surface area contributed by atoms with Crippen molar-refractivity contribution >= 4 is 23.0 Å². The van der Waals surface area contributed by atoms with Gasteiger partial charge < -0.3 is 11.1 Å². The number of carbonyl (C=O) groups is 1. The molecule has 0 radical (unpaired) electrons. The van der Waals surface area contributed by atoms with Crippen LogP contribution >= 0.6 is 0 Å². The van der Waals surface area contributed by atoms with Crippen molar-refractivity contribution in [3.63, 3.8) is 0 Å². The first-order valence-electron chi connectivity index (χ1n) is 5.69. The molecule has 108 valence electrons. The fourth-order valence-electron chi connectivity index (χ4n) is 1.73. The number of rotatable bonds is 3. The Morgan fingerprint density at radius 3 is 2.57 bits per heavy atom. The molecule has 0 aliphatic rings. The highest BCUT2D eigenvalue weighted by Crippen LogP contribution is 2.27. The van der Waals surface area contributed by atoms with Crippen LogP contribution in [0.15, 0.2) is 36.4 Å². The summed E-state index contributed by atoms with van der Waals surface area (Å²) < 4.78 is 26.2. The highest BCUT2D eigenvalue weighted by Gasteiger charge is 2.23. The van der Waals surface area contributed by atoms with Crippen molar-refractivity contribution in [1.82, 2.24) is 0 Å². The summed E-state index contributed by atoms with van der Waals surface area (Å²) in [5.74, 6) is -2.71. The van der Waals surface area contributed by atoms with Gasteiger partial charge in [0.2, 0.25) is 0 Å². The summed E-state index contributed by atoms with van der Waals surface area (Å²) in [6, 6.07) is 6.37. The van der Waals surface area contributed by atoms with Gasteiger partial charge in [0.05, 0.1) is 10.6 Å². The lowest BCUT2D eigenvalue weighted by molar-refractivity contribution is -0.384.